The highest BCUT2D eigenvalue weighted by molar-refractivity contribution is 9.10. The molecular weight excluding hydrogens is 460 g/mol. The van der Waals surface area contributed by atoms with Crippen LogP contribution in [0.1, 0.15) is 0 Å². The van der Waals surface area contributed by atoms with Crippen LogP contribution in [0.25, 0.3) is 50.3 Å². The molecule has 3 aromatic heterocycles. The molecule has 32 heavy (non-hydrogen) atoms. The number of hydrogen-bond acceptors (Lipinski definition) is 3. The van der Waals surface area contributed by atoms with Gasteiger partial charge in [0.1, 0.15) is 5.65 Å². The van der Waals surface area contributed by atoms with Crippen molar-refractivity contribution in [3.05, 3.63) is 108 Å². The molecule has 4 nitrogen and oxygen atoms in total. The van der Waals surface area contributed by atoms with Gasteiger partial charge in [0.05, 0.1) is 23.1 Å². The third-order valence-corrected chi connectivity index (χ3v) is 6.07. The summed E-state index contributed by atoms with van der Waals surface area (Å²) in [7, 11) is 0. The molecule has 0 bridgehead atoms. The molecule has 0 unspecified atom stereocenters. The maximum Gasteiger partial charge on any atom is 0.159 e. The van der Waals surface area contributed by atoms with E-state index in [0.29, 0.717) is 5.82 Å². The van der Waals surface area contributed by atoms with Crippen molar-refractivity contribution in [3.63, 3.8) is 0 Å². The molecule has 3 heterocycles. The van der Waals surface area contributed by atoms with E-state index in [0.717, 1.165) is 48.9 Å². The van der Waals surface area contributed by atoms with Crippen LogP contribution in [0, 0.1) is 0 Å². The Morgan fingerprint density at radius 1 is 0.688 bits per heavy atom. The largest absolute Gasteiger partial charge is 0.290 e. The summed E-state index contributed by atoms with van der Waals surface area (Å²) in [6, 6.07) is 30.7. The van der Waals surface area contributed by atoms with Crippen molar-refractivity contribution in [1.82, 2.24) is 19.5 Å². The van der Waals surface area contributed by atoms with Crippen LogP contribution in [-0.2, 0) is 0 Å². The number of rotatable bonds is 3. The van der Waals surface area contributed by atoms with Gasteiger partial charge in [-0.25, -0.2) is 15.0 Å². The summed E-state index contributed by atoms with van der Waals surface area (Å²) in [5, 5.41) is 2.24. The summed E-state index contributed by atoms with van der Waals surface area (Å²) in [5.74, 6) is 0.697. The number of nitrogens with zero attached hydrogens (tertiary/aromatic N) is 4. The van der Waals surface area contributed by atoms with E-state index in [1.165, 1.54) is 0 Å². The van der Waals surface area contributed by atoms with Crippen molar-refractivity contribution in [1.29, 1.82) is 0 Å². The number of benzene rings is 3. The molecule has 3 aromatic carbocycles. The van der Waals surface area contributed by atoms with E-state index in [1.54, 1.807) is 0 Å². The molecule has 0 amide bonds. The number of fused-ring (bicyclic) bond motifs is 3. The van der Waals surface area contributed by atoms with Crippen LogP contribution >= 0.6 is 15.9 Å². The van der Waals surface area contributed by atoms with Crippen LogP contribution in [0.3, 0.4) is 0 Å². The van der Waals surface area contributed by atoms with Crippen molar-refractivity contribution < 1.29 is 0 Å². The molecule has 6 rings (SSSR count). The normalized spacial score (nSPS) is 11.3. The Kier molecular flexibility index (Phi) is 4.55. The first-order valence-electron chi connectivity index (χ1n) is 10.3. The van der Waals surface area contributed by atoms with Gasteiger partial charge in [-0.1, -0.05) is 82.7 Å². The van der Waals surface area contributed by atoms with Gasteiger partial charge in [0.25, 0.3) is 0 Å². The van der Waals surface area contributed by atoms with E-state index in [4.69, 9.17) is 15.0 Å². The lowest BCUT2D eigenvalue weighted by atomic mass is 10.1. The Bertz CT molecular complexity index is 1570. The average molecular weight is 477 g/mol. The maximum atomic E-state index is 5.03. The molecule has 0 fully saturated rings. The fourth-order valence-corrected chi connectivity index (χ4v) is 4.48. The first kappa shape index (κ1) is 18.9. The van der Waals surface area contributed by atoms with E-state index in [2.05, 4.69) is 56.9 Å². The molecule has 6 aromatic rings. The Morgan fingerprint density at radius 2 is 1.44 bits per heavy atom. The van der Waals surface area contributed by atoms with Crippen LogP contribution in [0.2, 0.25) is 0 Å². The van der Waals surface area contributed by atoms with Crippen molar-refractivity contribution >= 4 is 37.9 Å². The van der Waals surface area contributed by atoms with Gasteiger partial charge in [-0.05, 0) is 24.3 Å². The van der Waals surface area contributed by atoms with E-state index >= 15 is 0 Å². The molecule has 0 saturated heterocycles. The lowest BCUT2D eigenvalue weighted by Crippen LogP contribution is -2.03. The fourth-order valence-electron chi connectivity index (χ4n) is 4.13. The number of aromatic nitrogens is 4. The number of pyridine rings is 1. The minimum absolute atomic E-state index is 0.697. The van der Waals surface area contributed by atoms with Gasteiger partial charge >= 0.3 is 0 Å². The van der Waals surface area contributed by atoms with Gasteiger partial charge in [0.2, 0.25) is 0 Å². The van der Waals surface area contributed by atoms with Crippen molar-refractivity contribution in [2.24, 2.45) is 0 Å². The van der Waals surface area contributed by atoms with E-state index < -0.39 is 0 Å². The zero-order valence-corrected chi connectivity index (χ0v) is 18.6. The van der Waals surface area contributed by atoms with Gasteiger partial charge in [0.15, 0.2) is 5.82 Å². The molecule has 0 saturated carbocycles. The van der Waals surface area contributed by atoms with Gasteiger partial charge in [0, 0.05) is 32.6 Å². The number of halogens is 1. The zero-order valence-electron chi connectivity index (χ0n) is 17.0. The highest BCUT2D eigenvalue weighted by Gasteiger charge is 2.19. The summed E-state index contributed by atoms with van der Waals surface area (Å²) in [4.78, 5) is 14.5. The van der Waals surface area contributed by atoms with Crippen molar-refractivity contribution in [2.45, 2.75) is 0 Å². The Labute approximate surface area is 193 Å². The van der Waals surface area contributed by atoms with Gasteiger partial charge in [-0.2, -0.15) is 0 Å². The first-order valence-corrected chi connectivity index (χ1v) is 11.1. The smallest absolute Gasteiger partial charge is 0.159 e. The number of hydrogen-bond donors (Lipinski definition) is 0. The SMILES string of the molecule is Brc1ccc2c3cccnc3n(-c3cnc(-c4ccccc4)nc3-c3ccccc3)c2c1. The Balaban J connectivity index is 1.71. The predicted molar refractivity (Wildman–Crippen MR) is 133 cm³/mol. The van der Waals surface area contributed by atoms with Gasteiger partial charge < -0.3 is 0 Å². The van der Waals surface area contributed by atoms with Crippen LogP contribution < -0.4 is 0 Å². The van der Waals surface area contributed by atoms with Crippen molar-refractivity contribution in [2.75, 3.05) is 0 Å². The van der Waals surface area contributed by atoms with E-state index in [9.17, 15) is 0 Å². The quantitative estimate of drug-likeness (QED) is 0.274. The summed E-state index contributed by atoms with van der Waals surface area (Å²) in [5.41, 5.74) is 5.72. The summed E-state index contributed by atoms with van der Waals surface area (Å²) >= 11 is 3.64. The van der Waals surface area contributed by atoms with E-state index in [1.807, 2.05) is 67.0 Å². The second kappa shape index (κ2) is 7.70. The molecule has 5 heteroatoms. The summed E-state index contributed by atoms with van der Waals surface area (Å²) < 4.78 is 3.17. The van der Waals surface area contributed by atoms with Crippen LogP contribution in [0.5, 0.6) is 0 Å². The van der Waals surface area contributed by atoms with Gasteiger partial charge in [-0.3, -0.25) is 4.57 Å². The topological polar surface area (TPSA) is 43.6 Å². The molecule has 0 radical (unpaired) electrons. The molecule has 0 spiro atoms. The maximum absolute atomic E-state index is 5.03. The molecule has 0 aliphatic rings. The van der Waals surface area contributed by atoms with E-state index in [-0.39, 0.29) is 0 Å². The predicted octanol–water partition coefficient (Wildman–Crippen LogP) is 7.07. The second-order valence-corrected chi connectivity index (χ2v) is 8.45. The van der Waals surface area contributed by atoms with Gasteiger partial charge in [-0.15, -0.1) is 0 Å². The molecule has 152 valence electrons. The minimum atomic E-state index is 0.697. The average Bonchev–Trinajstić information content (AvgIpc) is 3.18. The van der Waals surface area contributed by atoms with Crippen LogP contribution in [-0.4, -0.2) is 19.5 Å². The fraction of sp³-hybridized carbons (Fsp3) is 0. The lowest BCUT2D eigenvalue weighted by Gasteiger charge is -2.14. The standard InChI is InChI=1S/C27H17BrN4/c28-20-13-14-21-22-12-7-15-29-27(22)32(23(21)16-20)24-17-30-26(19-10-5-2-6-11-19)31-25(24)18-8-3-1-4-9-18/h1-17H. The lowest BCUT2D eigenvalue weighted by molar-refractivity contribution is 1.07. The Hall–Kier alpha value is -3.83. The van der Waals surface area contributed by atoms with Crippen LogP contribution in [0.15, 0.2) is 108 Å². The van der Waals surface area contributed by atoms with Crippen molar-refractivity contribution in [3.8, 4) is 28.3 Å². The molecule has 0 atom stereocenters. The molecule has 0 aliphatic heterocycles. The summed E-state index contributed by atoms with van der Waals surface area (Å²) in [6.07, 6.45) is 3.74. The second-order valence-electron chi connectivity index (χ2n) is 7.53. The molecule has 0 aliphatic carbocycles. The monoisotopic (exact) mass is 476 g/mol. The zero-order chi connectivity index (χ0) is 21.5. The Morgan fingerprint density at radius 3 is 2.22 bits per heavy atom. The molecular formula is C27H17BrN4. The molecule has 0 N–H and O–H groups in total. The first-order chi connectivity index (χ1) is 15.8. The highest BCUT2D eigenvalue weighted by Crippen LogP contribution is 2.36. The third-order valence-electron chi connectivity index (χ3n) is 5.58. The summed E-state index contributed by atoms with van der Waals surface area (Å²) in [6.45, 7) is 0. The van der Waals surface area contributed by atoms with Crippen LogP contribution in [0.4, 0.5) is 0 Å². The highest BCUT2D eigenvalue weighted by atomic mass is 79.9. The minimum Gasteiger partial charge on any atom is -0.290 e. The third kappa shape index (κ3) is 3.10.